The lowest BCUT2D eigenvalue weighted by Gasteiger charge is -2.38. The Balaban J connectivity index is 2.39. The number of carbonyl (C=O) groups excluding carboxylic acids is 1. The largest absolute Gasteiger partial charge is 0.449 e. The summed E-state index contributed by atoms with van der Waals surface area (Å²) in [6.07, 6.45) is -0.439. The van der Waals surface area contributed by atoms with E-state index in [-0.39, 0.29) is 17.3 Å². The topological polar surface area (TPSA) is 38.3 Å². The summed E-state index contributed by atoms with van der Waals surface area (Å²) in [6, 6.07) is 4.26. The molecular weight excluding hydrogens is 289 g/mol. The SMILES string of the molecule is CC1(C)COC(=O)N[C@@H]1c1ccc(F)cc1Br. The van der Waals surface area contributed by atoms with Crippen LogP contribution in [0.15, 0.2) is 22.7 Å². The van der Waals surface area contributed by atoms with Crippen molar-refractivity contribution < 1.29 is 13.9 Å². The third kappa shape index (κ3) is 2.44. The van der Waals surface area contributed by atoms with E-state index in [9.17, 15) is 9.18 Å². The maximum Gasteiger partial charge on any atom is 0.407 e. The van der Waals surface area contributed by atoms with Crippen molar-refractivity contribution in [3.8, 4) is 0 Å². The van der Waals surface area contributed by atoms with E-state index in [1.807, 2.05) is 13.8 Å². The van der Waals surface area contributed by atoms with Crippen molar-refractivity contribution in [2.45, 2.75) is 19.9 Å². The summed E-state index contributed by atoms with van der Waals surface area (Å²) in [4.78, 5) is 11.3. The van der Waals surface area contributed by atoms with Gasteiger partial charge in [-0.15, -0.1) is 0 Å². The van der Waals surface area contributed by atoms with Gasteiger partial charge in [0.25, 0.3) is 0 Å². The average Bonchev–Trinajstić information content (AvgIpc) is 2.23. The molecule has 1 atom stereocenters. The van der Waals surface area contributed by atoms with E-state index in [2.05, 4.69) is 21.2 Å². The van der Waals surface area contributed by atoms with Crippen LogP contribution in [0.2, 0.25) is 0 Å². The molecule has 1 aliphatic rings. The second kappa shape index (κ2) is 4.29. The molecule has 1 N–H and O–H groups in total. The number of amides is 1. The molecule has 0 aliphatic carbocycles. The zero-order valence-electron chi connectivity index (χ0n) is 9.59. The molecule has 0 bridgehead atoms. The number of benzene rings is 1. The summed E-state index contributed by atoms with van der Waals surface area (Å²) in [5.74, 6) is -0.309. The van der Waals surface area contributed by atoms with Gasteiger partial charge in [-0.3, -0.25) is 0 Å². The minimum atomic E-state index is -0.439. The molecule has 1 fully saturated rings. The zero-order chi connectivity index (χ0) is 12.6. The van der Waals surface area contributed by atoms with Crippen molar-refractivity contribution in [3.63, 3.8) is 0 Å². The molecule has 92 valence electrons. The fraction of sp³-hybridized carbons (Fsp3) is 0.417. The van der Waals surface area contributed by atoms with Crippen LogP contribution < -0.4 is 5.32 Å². The van der Waals surface area contributed by atoms with Gasteiger partial charge in [0, 0.05) is 9.89 Å². The van der Waals surface area contributed by atoms with Gasteiger partial charge in [-0.2, -0.15) is 0 Å². The van der Waals surface area contributed by atoms with Gasteiger partial charge in [0.1, 0.15) is 12.4 Å². The van der Waals surface area contributed by atoms with E-state index >= 15 is 0 Å². The van der Waals surface area contributed by atoms with Crippen LogP contribution >= 0.6 is 15.9 Å². The molecule has 1 amide bonds. The maximum atomic E-state index is 13.0. The van der Waals surface area contributed by atoms with Crippen LogP contribution in [-0.2, 0) is 4.74 Å². The number of hydrogen-bond donors (Lipinski definition) is 1. The molecule has 0 aromatic heterocycles. The molecule has 3 nitrogen and oxygen atoms in total. The first kappa shape index (κ1) is 12.4. The first-order chi connectivity index (χ1) is 7.90. The van der Waals surface area contributed by atoms with Crippen molar-refractivity contribution >= 4 is 22.0 Å². The minimum absolute atomic E-state index is 0.196. The molecule has 0 unspecified atom stereocenters. The summed E-state index contributed by atoms with van der Waals surface area (Å²) < 4.78 is 18.7. The normalized spacial score (nSPS) is 22.8. The molecule has 17 heavy (non-hydrogen) atoms. The van der Waals surface area contributed by atoms with E-state index in [4.69, 9.17) is 4.74 Å². The van der Waals surface area contributed by atoms with Crippen molar-refractivity contribution in [3.05, 3.63) is 34.1 Å². The second-order valence-electron chi connectivity index (χ2n) is 4.81. The Morgan fingerprint density at radius 1 is 1.53 bits per heavy atom. The van der Waals surface area contributed by atoms with E-state index in [1.165, 1.54) is 12.1 Å². The fourth-order valence-electron chi connectivity index (χ4n) is 1.92. The maximum absolute atomic E-state index is 13.0. The van der Waals surface area contributed by atoms with Crippen LogP contribution in [0.1, 0.15) is 25.5 Å². The Kier molecular flexibility index (Phi) is 3.12. The van der Waals surface area contributed by atoms with Crippen LogP contribution in [0.5, 0.6) is 0 Å². The zero-order valence-corrected chi connectivity index (χ0v) is 11.2. The predicted octanol–water partition coefficient (Wildman–Crippen LogP) is 3.40. The summed E-state index contributed by atoms with van der Waals surface area (Å²) in [7, 11) is 0. The highest BCUT2D eigenvalue weighted by Crippen LogP contribution is 2.39. The highest BCUT2D eigenvalue weighted by Gasteiger charge is 2.38. The first-order valence-electron chi connectivity index (χ1n) is 5.28. The molecule has 1 heterocycles. The van der Waals surface area contributed by atoms with Gasteiger partial charge in [-0.25, -0.2) is 9.18 Å². The highest BCUT2D eigenvalue weighted by atomic mass is 79.9. The Morgan fingerprint density at radius 3 is 2.88 bits per heavy atom. The number of halogens is 2. The molecule has 1 aromatic rings. The second-order valence-corrected chi connectivity index (χ2v) is 5.66. The van der Waals surface area contributed by atoms with Gasteiger partial charge in [0.05, 0.1) is 6.04 Å². The monoisotopic (exact) mass is 301 g/mol. The van der Waals surface area contributed by atoms with E-state index in [1.54, 1.807) is 6.07 Å². The fourth-order valence-corrected chi connectivity index (χ4v) is 2.50. The van der Waals surface area contributed by atoms with E-state index < -0.39 is 6.09 Å². The van der Waals surface area contributed by atoms with Gasteiger partial charge in [-0.1, -0.05) is 35.8 Å². The molecule has 0 radical (unpaired) electrons. The Morgan fingerprint density at radius 2 is 2.24 bits per heavy atom. The number of cyclic esters (lactones) is 1. The van der Waals surface area contributed by atoms with Crippen LogP contribution in [0.3, 0.4) is 0 Å². The number of alkyl carbamates (subject to hydrolysis) is 1. The molecule has 1 saturated heterocycles. The standard InChI is InChI=1S/C12H13BrFNO2/c1-12(2)6-17-11(16)15-10(12)8-4-3-7(14)5-9(8)13/h3-5,10H,6H2,1-2H3,(H,15,16)/t10-/m1/s1. The van der Waals surface area contributed by atoms with Crippen molar-refractivity contribution in [2.75, 3.05) is 6.61 Å². The Labute approximate surface area is 107 Å². The minimum Gasteiger partial charge on any atom is -0.449 e. The molecule has 1 aromatic carbocycles. The lowest BCUT2D eigenvalue weighted by Crippen LogP contribution is -2.47. The van der Waals surface area contributed by atoms with Gasteiger partial charge < -0.3 is 10.1 Å². The quantitative estimate of drug-likeness (QED) is 0.863. The van der Waals surface area contributed by atoms with E-state index in [0.717, 1.165) is 5.56 Å². The predicted molar refractivity (Wildman–Crippen MR) is 65.1 cm³/mol. The Bertz CT molecular complexity index is 462. The summed E-state index contributed by atoms with van der Waals surface area (Å²) in [6.45, 7) is 4.33. The van der Waals surface area contributed by atoms with Gasteiger partial charge in [0.15, 0.2) is 0 Å². The lowest BCUT2D eigenvalue weighted by molar-refractivity contribution is 0.0385. The molecule has 5 heteroatoms. The third-order valence-corrected chi connectivity index (χ3v) is 3.58. The number of carbonyl (C=O) groups is 1. The molecule has 2 rings (SSSR count). The van der Waals surface area contributed by atoms with Crippen molar-refractivity contribution in [1.29, 1.82) is 0 Å². The molecule has 0 spiro atoms. The summed E-state index contributed by atoms with van der Waals surface area (Å²) in [5, 5.41) is 2.77. The summed E-state index contributed by atoms with van der Waals surface area (Å²) >= 11 is 3.32. The molecular formula is C12H13BrFNO2. The van der Waals surface area contributed by atoms with Crippen LogP contribution in [0, 0.1) is 11.2 Å². The van der Waals surface area contributed by atoms with Gasteiger partial charge in [-0.05, 0) is 17.7 Å². The summed E-state index contributed by atoms with van der Waals surface area (Å²) in [5.41, 5.74) is 0.613. The third-order valence-electron chi connectivity index (χ3n) is 2.89. The van der Waals surface area contributed by atoms with Crippen LogP contribution in [0.25, 0.3) is 0 Å². The van der Waals surface area contributed by atoms with Crippen LogP contribution in [-0.4, -0.2) is 12.7 Å². The first-order valence-corrected chi connectivity index (χ1v) is 6.08. The van der Waals surface area contributed by atoms with Crippen LogP contribution in [0.4, 0.5) is 9.18 Å². The van der Waals surface area contributed by atoms with Crippen molar-refractivity contribution in [2.24, 2.45) is 5.41 Å². The van der Waals surface area contributed by atoms with E-state index in [0.29, 0.717) is 11.1 Å². The number of hydrogen-bond acceptors (Lipinski definition) is 2. The number of nitrogens with one attached hydrogen (secondary N) is 1. The Hall–Kier alpha value is -1.10. The van der Waals surface area contributed by atoms with Crippen molar-refractivity contribution in [1.82, 2.24) is 5.32 Å². The lowest BCUT2D eigenvalue weighted by atomic mass is 9.80. The molecule has 1 aliphatic heterocycles. The highest BCUT2D eigenvalue weighted by molar-refractivity contribution is 9.10. The van der Waals surface area contributed by atoms with Gasteiger partial charge >= 0.3 is 6.09 Å². The van der Waals surface area contributed by atoms with Gasteiger partial charge in [0.2, 0.25) is 0 Å². The number of ether oxygens (including phenoxy) is 1. The number of rotatable bonds is 1. The molecule has 0 saturated carbocycles. The smallest absolute Gasteiger partial charge is 0.407 e. The average molecular weight is 302 g/mol.